The highest BCUT2D eigenvalue weighted by Crippen LogP contribution is 2.28. The van der Waals surface area contributed by atoms with Crippen LogP contribution in [0, 0.1) is 11.8 Å². The average Bonchev–Trinajstić information content (AvgIpc) is 3.25. The fourth-order valence-corrected chi connectivity index (χ4v) is 9.31. The van der Waals surface area contributed by atoms with Crippen LogP contribution in [-0.4, -0.2) is 130 Å². The third-order valence-corrected chi connectivity index (χ3v) is 13.5. The predicted molar refractivity (Wildman–Crippen MR) is 249 cm³/mol. The highest BCUT2D eigenvalue weighted by atomic mass is 33.1. The molecule has 0 radical (unpaired) electrons. The molecular weight excluding hydrogens is 911 g/mol. The average molecular weight is 976 g/mol. The maximum absolute atomic E-state index is 14.2. The SMILES string of the molecule is CCC(C)C1NC(=O)C2Cc3ccccc3CN2C(=O)CCSSCC(C(=O)NC(C)(C)C(=O)NC(CC(C)C)C(=O)NCC(N)=O)NC(=O)C(CC(N)=O)NC(=O)C(CCC(N)=O)NC1=O. The lowest BCUT2D eigenvalue weighted by molar-refractivity contribution is -0.143. The van der Waals surface area contributed by atoms with E-state index in [1.165, 1.54) is 29.5 Å². The van der Waals surface area contributed by atoms with Crippen molar-refractivity contribution in [1.29, 1.82) is 0 Å². The molecule has 2 heterocycles. The van der Waals surface area contributed by atoms with E-state index in [-0.39, 0.29) is 55.6 Å². The van der Waals surface area contributed by atoms with Crippen LogP contribution in [0.5, 0.6) is 0 Å². The van der Waals surface area contributed by atoms with E-state index in [1.807, 2.05) is 24.3 Å². The van der Waals surface area contributed by atoms with E-state index in [0.717, 1.165) is 21.9 Å². The first kappa shape index (κ1) is 55.4. The Morgan fingerprint density at radius 2 is 1.46 bits per heavy atom. The van der Waals surface area contributed by atoms with Crippen molar-refractivity contribution in [1.82, 2.24) is 42.1 Å². The van der Waals surface area contributed by atoms with Gasteiger partial charge in [0, 0.05) is 37.3 Å². The molecule has 67 heavy (non-hydrogen) atoms. The van der Waals surface area contributed by atoms with Crippen molar-refractivity contribution in [2.24, 2.45) is 29.0 Å². The van der Waals surface area contributed by atoms with Gasteiger partial charge < -0.3 is 59.3 Å². The molecule has 7 unspecified atom stereocenters. The summed E-state index contributed by atoms with van der Waals surface area (Å²) in [4.78, 5) is 148. The van der Waals surface area contributed by atoms with Crippen LogP contribution in [0.2, 0.25) is 0 Å². The molecule has 0 saturated carbocycles. The molecule has 22 nitrogen and oxygen atoms in total. The zero-order chi connectivity index (χ0) is 50.2. The summed E-state index contributed by atoms with van der Waals surface area (Å²) in [5.74, 6) is -9.51. The summed E-state index contributed by atoms with van der Waals surface area (Å²) < 4.78 is 0. The monoisotopic (exact) mass is 975 g/mol. The van der Waals surface area contributed by atoms with E-state index < -0.39 is 126 Å². The smallest absolute Gasteiger partial charge is 0.245 e. The van der Waals surface area contributed by atoms with Gasteiger partial charge in [-0.3, -0.25) is 52.7 Å². The van der Waals surface area contributed by atoms with Gasteiger partial charge in [0.05, 0.1) is 13.0 Å². The van der Waals surface area contributed by atoms with Gasteiger partial charge in [0.25, 0.3) is 0 Å². The molecule has 13 N–H and O–H groups in total. The number of hydrogen-bond acceptors (Lipinski definition) is 13. The second kappa shape index (κ2) is 25.9. The summed E-state index contributed by atoms with van der Waals surface area (Å²) in [5, 5.41) is 17.8. The van der Waals surface area contributed by atoms with Gasteiger partial charge in [-0.15, -0.1) is 0 Å². The van der Waals surface area contributed by atoms with Gasteiger partial charge in [-0.25, -0.2) is 0 Å². The van der Waals surface area contributed by atoms with Crippen molar-refractivity contribution in [3.8, 4) is 0 Å². The summed E-state index contributed by atoms with van der Waals surface area (Å²) in [6.45, 7) is 9.45. The second-order valence-corrected chi connectivity index (χ2v) is 20.2. The van der Waals surface area contributed by atoms with Crippen molar-refractivity contribution in [2.75, 3.05) is 18.1 Å². The summed E-state index contributed by atoms with van der Waals surface area (Å²) >= 11 is 0. The normalized spacial score (nSPS) is 22.2. The molecule has 3 rings (SSSR count). The molecule has 1 aromatic rings. The van der Waals surface area contributed by atoms with E-state index in [9.17, 15) is 52.7 Å². The minimum Gasteiger partial charge on any atom is -0.370 e. The molecule has 370 valence electrons. The lowest BCUT2D eigenvalue weighted by Crippen LogP contribution is -2.63. The van der Waals surface area contributed by atoms with E-state index in [1.54, 1.807) is 27.7 Å². The number of nitrogens with one attached hydrogen (secondary N) is 7. The number of carbonyl (C=O) groups is 11. The fraction of sp³-hybridized carbons (Fsp3) is 0.605. The van der Waals surface area contributed by atoms with Gasteiger partial charge in [0.2, 0.25) is 65.0 Å². The highest BCUT2D eigenvalue weighted by molar-refractivity contribution is 8.76. The second-order valence-electron chi connectivity index (χ2n) is 17.6. The maximum Gasteiger partial charge on any atom is 0.245 e. The number of hydrogen-bond donors (Lipinski definition) is 10. The fourth-order valence-electron chi connectivity index (χ4n) is 7.16. The van der Waals surface area contributed by atoms with Gasteiger partial charge in [0.15, 0.2) is 0 Å². The Bertz CT molecular complexity index is 2040. The zero-order valence-electron chi connectivity index (χ0n) is 38.7. The molecule has 1 saturated heterocycles. The van der Waals surface area contributed by atoms with E-state index in [2.05, 4.69) is 37.2 Å². The number of rotatable bonds is 16. The van der Waals surface area contributed by atoms with Gasteiger partial charge in [0.1, 0.15) is 41.8 Å². The Morgan fingerprint density at radius 3 is 2.07 bits per heavy atom. The highest BCUT2D eigenvalue weighted by Gasteiger charge is 2.40. The van der Waals surface area contributed by atoms with Crippen molar-refractivity contribution in [3.63, 3.8) is 0 Å². The van der Waals surface area contributed by atoms with Crippen LogP contribution in [0.3, 0.4) is 0 Å². The van der Waals surface area contributed by atoms with Gasteiger partial charge in [-0.1, -0.05) is 80.0 Å². The minimum atomic E-state index is -1.73. The molecule has 0 aliphatic carbocycles. The number of benzene rings is 1. The molecule has 0 aromatic heterocycles. The number of fused-ring (bicyclic) bond motifs is 2. The van der Waals surface area contributed by atoms with Crippen LogP contribution in [0.15, 0.2) is 24.3 Å². The van der Waals surface area contributed by atoms with E-state index in [4.69, 9.17) is 17.2 Å². The molecule has 0 spiro atoms. The van der Waals surface area contributed by atoms with Crippen molar-refractivity contribution < 1.29 is 52.7 Å². The lowest BCUT2D eigenvalue weighted by atomic mass is 9.92. The third kappa shape index (κ3) is 17.4. The summed E-state index contributed by atoms with van der Waals surface area (Å²) in [7, 11) is 2.26. The molecule has 1 aromatic carbocycles. The maximum atomic E-state index is 14.2. The van der Waals surface area contributed by atoms with Crippen molar-refractivity contribution in [3.05, 3.63) is 35.4 Å². The Hall–Kier alpha value is -5.91. The summed E-state index contributed by atoms with van der Waals surface area (Å²) in [6, 6.07) is -0.750. The van der Waals surface area contributed by atoms with Crippen LogP contribution in [0.1, 0.15) is 91.2 Å². The Labute approximate surface area is 397 Å². The quantitative estimate of drug-likeness (QED) is 0.0794. The van der Waals surface area contributed by atoms with E-state index in [0.29, 0.717) is 6.42 Å². The van der Waals surface area contributed by atoms with Crippen LogP contribution < -0.4 is 54.4 Å². The Balaban J connectivity index is 2.03. The number of amides is 11. The minimum absolute atomic E-state index is 0.0475. The molecule has 2 aliphatic heterocycles. The molecule has 0 bridgehead atoms. The molecule has 24 heteroatoms. The van der Waals surface area contributed by atoms with Gasteiger partial charge in [-0.05, 0) is 49.7 Å². The molecule has 1 fully saturated rings. The topological polar surface area (TPSA) is 353 Å². The third-order valence-electron chi connectivity index (χ3n) is 11.1. The predicted octanol–water partition coefficient (Wildman–Crippen LogP) is -2.12. The molecular formula is C43H65N11O11S2. The Morgan fingerprint density at radius 1 is 0.821 bits per heavy atom. The lowest BCUT2D eigenvalue weighted by Gasteiger charge is -2.37. The number of nitrogens with two attached hydrogens (primary N) is 3. The largest absolute Gasteiger partial charge is 0.370 e. The first-order valence-corrected chi connectivity index (χ1v) is 24.5. The van der Waals surface area contributed by atoms with Crippen LogP contribution >= 0.6 is 21.6 Å². The zero-order valence-corrected chi connectivity index (χ0v) is 40.3. The Kier molecular flexibility index (Phi) is 21.4. The standard InChI is InChI=1S/C43H65N11O11S2/c1-7-23(4)35-41(64)48-26(12-13-31(44)55)37(60)49-28(18-32(45)56)38(61)50-29(39(62)53-43(5,6)42(65)51-27(16-22(2)3)36(59)47-19-33(46)57)21-67-66-15-14-34(58)54-20-25-11-9-8-10-24(25)17-30(54)40(63)52-35/h8-11,22-23,26-30,35H,7,12-21H2,1-6H3,(H2,44,55)(H2,45,56)(H2,46,57)(H,47,59)(H,48,64)(H,49,60)(H,50,61)(H,51,65)(H,52,63)(H,53,62). The van der Waals surface area contributed by atoms with Crippen molar-refractivity contribution in [2.45, 2.75) is 135 Å². The molecule has 11 amide bonds. The van der Waals surface area contributed by atoms with E-state index >= 15 is 0 Å². The van der Waals surface area contributed by atoms with Gasteiger partial charge >= 0.3 is 0 Å². The molecule has 7 atom stereocenters. The first-order chi connectivity index (χ1) is 31.4. The number of primary amides is 3. The summed E-state index contributed by atoms with van der Waals surface area (Å²) in [5.41, 5.74) is 16.0. The van der Waals surface area contributed by atoms with Crippen LogP contribution in [0.4, 0.5) is 0 Å². The van der Waals surface area contributed by atoms with Gasteiger partial charge in [-0.2, -0.15) is 0 Å². The van der Waals surface area contributed by atoms with Crippen molar-refractivity contribution >= 4 is 86.6 Å². The number of nitrogens with zero attached hydrogens (tertiary/aromatic N) is 1. The van der Waals surface area contributed by atoms with Crippen LogP contribution in [0.25, 0.3) is 0 Å². The first-order valence-electron chi connectivity index (χ1n) is 22.0. The van der Waals surface area contributed by atoms with Crippen LogP contribution in [-0.2, 0) is 65.7 Å². The number of carbonyl (C=O) groups excluding carboxylic acids is 11. The molecule has 2 aliphatic rings. The summed E-state index contributed by atoms with van der Waals surface area (Å²) in [6.07, 6.45) is -0.876.